The summed E-state index contributed by atoms with van der Waals surface area (Å²) in [5, 5.41) is 10.9. The second-order valence-electron chi connectivity index (χ2n) is 5.76. The van der Waals surface area contributed by atoms with Crippen molar-refractivity contribution in [3.63, 3.8) is 0 Å². The molecule has 0 radical (unpaired) electrons. The zero-order chi connectivity index (χ0) is 16.1. The molecule has 1 saturated heterocycles. The van der Waals surface area contributed by atoms with Crippen molar-refractivity contribution in [2.45, 2.75) is 31.7 Å². The number of nitrogens with one attached hydrogen (secondary N) is 1. The summed E-state index contributed by atoms with van der Waals surface area (Å²) in [6.07, 6.45) is 8.15. The molecule has 0 spiro atoms. The average molecular weight is 315 g/mol. The number of piperidine rings is 1. The first-order valence-electron chi connectivity index (χ1n) is 7.86. The summed E-state index contributed by atoms with van der Waals surface area (Å²) in [5.74, 6) is 1.60. The Kier molecular flexibility index (Phi) is 4.80. The van der Waals surface area contributed by atoms with Gasteiger partial charge in [0.05, 0.1) is 0 Å². The molecule has 1 aliphatic rings. The smallest absolute Gasteiger partial charge is 0.225 e. The Hall–Kier alpha value is -2.51. The van der Waals surface area contributed by atoms with E-state index in [4.69, 9.17) is 0 Å². The third-order valence-corrected chi connectivity index (χ3v) is 4.00. The van der Waals surface area contributed by atoms with Crippen LogP contribution in [0.15, 0.2) is 24.8 Å². The van der Waals surface area contributed by atoms with Crippen LogP contribution < -0.4 is 10.2 Å². The first-order chi connectivity index (χ1) is 11.2. The van der Waals surface area contributed by atoms with E-state index in [2.05, 4.69) is 30.4 Å². The van der Waals surface area contributed by atoms with Gasteiger partial charge in [-0.3, -0.25) is 4.79 Å². The molecule has 1 amide bonds. The number of aromatic nitrogens is 5. The highest BCUT2D eigenvalue weighted by Gasteiger charge is 2.22. The lowest BCUT2D eigenvalue weighted by atomic mass is 10.1. The van der Waals surface area contributed by atoms with Crippen molar-refractivity contribution in [2.24, 2.45) is 7.05 Å². The summed E-state index contributed by atoms with van der Waals surface area (Å²) in [7, 11) is 1.88. The number of carbonyl (C=O) groups is 1. The quantitative estimate of drug-likeness (QED) is 0.855. The summed E-state index contributed by atoms with van der Waals surface area (Å²) in [6, 6.07) is 1.94. The van der Waals surface area contributed by atoms with Gasteiger partial charge in [0, 0.05) is 51.4 Å². The highest BCUT2D eigenvalue weighted by atomic mass is 16.1. The predicted octanol–water partition coefficient (Wildman–Crippen LogP) is 0.323. The van der Waals surface area contributed by atoms with Crippen molar-refractivity contribution in [3.05, 3.63) is 30.6 Å². The maximum Gasteiger partial charge on any atom is 0.225 e. The number of anilines is 1. The SMILES string of the molecule is Cn1cnnc1CCC(=O)N[C@H]1CCCN(c2ncccn2)C1. The zero-order valence-corrected chi connectivity index (χ0v) is 13.2. The average Bonchev–Trinajstić information content (AvgIpc) is 2.99. The molecule has 122 valence electrons. The van der Waals surface area contributed by atoms with Gasteiger partial charge < -0.3 is 14.8 Å². The van der Waals surface area contributed by atoms with Crippen LogP contribution in [0.5, 0.6) is 0 Å². The van der Waals surface area contributed by atoms with Gasteiger partial charge in [0.15, 0.2) is 0 Å². The molecule has 0 saturated carbocycles. The minimum atomic E-state index is 0.0498. The number of hydrogen-bond acceptors (Lipinski definition) is 6. The van der Waals surface area contributed by atoms with Crippen LogP contribution in [0.1, 0.15) is 25.1 Å². The molecular weight excluding hydrogens is 294 g/mol. The van der Waals surface area contributed by atoms with Crippen molar-refractivity contribution in [1.82, 2.24) is 30.0 Å². The molecule has 23 heavy (non-hydrogen) atoms. The minimum Gasteiger partial charge on any atom is -0.352 e. The third kappa shape index (κ3) is 4.02. The molecule has 1 aliphatic heterocycles. The Morgan fingerprint density at radius 2 is 2.22 bits per heavy atom. The fourth-order valence-corrected chi connectivity index (χ4v) is 2.79. The summed E-state index contributed by atoms with van der Waals surface area (Å²) in [5.41, 5.74) is 0. The molecule has 0 aliphatic carbocycles. The van der Waals surface area contributed by atoms with Gasteiger partial charge in [0.25, 0.3) is 0 Å². The molecule has 2 aromatic rings. The standard InChI is InChI=1S/C15H21N7O/c1-21-11-18-20-13(21)5-6-14(23)19-12-4-2-9-22(10-12)15-16-7-3-8-17-15/h3,7-8,11-12H,2,4-6,9-10H2,1H3,(H,19,23)/t12-/m0/s1. The van der Waals surface area contributed by atoms with E-state index >= 15 is 0 Å². The largest absolute Gasteiger partial charge is 0.352 e. The maximum absolute atomic E-state index is 12.1. The molecule has 0 bridgehead atoms. The van der Waals surface area contributed by atoms with Gasteiger partial charge in [-0.2, -0.15) is 0 Å². The Labute approximate surface area is 135 Å². The lowest BCUT2D eigenvalue weighted by molar-refractivity contribution is -0.121. The van der Waals surface area contributed by atoms with Crippen molar-refractivity contribution in [3.8, 4) is 0 Å². The lowest BCUT2D eigenvalue weighted by Crippen LogP contribution is -2.48. The minimum absolute atomic E-state index is 0.0498. The topological polar surface area (TPSA) is 88.8 Å². The van der Waals surface area contributed by atoms with E-state index in [1.54, 1.807) is 24.8 Å². The fraction of sp³-hybridized carbons (Fsp3) is 0.533. The molecule has 8 nitrogen and oxygen atoms in total. The molecule has 2 aromatic heterocycles. The normalized spacial score (nSPS) is 18.0. The molecule has 3 rings (SSSR count). The van der Waals surface area contributed by atoms with Crippen LogP contribution in [0.4, 0.5) is 5.95 Å². The second kappa shape index (κ2) is 7.17. The Morgan fingerprint density at radius 1 is 1.39 bits per heavy atom. The Bertz CT molecular complexity index is 642. The predicted molar refractivity (Wildman–Crippen MR) is 84.7 cm³/mol. The van der Waals surface area contributed by atoms with Gasteiger partial charge in [-0.05, 0) is 18.9 Å². The van der Waals surface area contributed by atoms with E-state index in [9.17, 15) is 4.79 Å². The molecular formula is C15H21N7O. The van der Waals surface area contributed by atoms with Crippen LogP contribution >= 0.6 is 0 Å². The second-order valence-corrected chi connectivity index (χ2v) is 5.76. The van der Waals surface area contributed by atoms with Crippen LogP contribution in [-0.4, -0.2) is 49.8 Å². The lowest BCUT2D eigenvalue weighted by Gasteiger charge is -2.33. The molecule has 3 heterocycles. The molecule has 0 unspecified atom stereocenters. The fourth-order valence-electron chi connectivity index (χ4n) is 2.79. The Morgan fingerprint density at radius 3 is 2.96 bits per heavy atom. The van der Waals surface area contributed by atoms with E-state index in [1.807, 2.05) is 11.6 Å². The number of aryl methyl sites for hydroxylation is 2. The zero-order valence-electron chi connectivity index (χ0n) is 13.2. The number of hydrogen-bond donors (Lipinski definition) is 1. The van der Waals surface area contributed by atoms with Crippen LogP contribution in [0.25, 0.3) is 0 Å². The number of nitrogens with zero attached hydrogens (tertiary/aromatic N) is 6. The van der Waals surface area contributed by atoms with Gasteiger partial charge in [-0.1, -0.05) is 0 Å². The van der Waals surface area contributed by atoms with E-state index in [0.29, 0.717) is 12.8 Å². The van der Waals surface area contributed by atoms with Crippen LogP contribution in [0, 0.1) is 0 Å². The van der Waals surface area contributed by atoms with Crippen LogP contribution in [0.3, 0.4) is 0 Å². The van der Waals surface area contributed by atoms with Gasteiger partial charge in [-0.25, -0.2) is 9.97 Å². The van der Waals surface area contributed by atoms with Crippen molar-refractivity contribution >= 4 is 11.9 Å². The summed E-state index contributed by atoms with van der Waals surface area (Å²) in [6.45, 7) is 1.68. The summed E-state index contributed by atoms with van der Waals surface area (Å²) >= 11 is 0. The number of carbonyl (C=O) groups excluding carboxylic acids is 1. The third-order valence-electron chi connectivity index (χ3n) is 4.00. The van der Waals surface area contributed by atoms with Gasteiger partial charge in [0.1, 0.15) is 12.2 Å². The Balaban J connectivity index is 1.49. The van der Waals surface area contributed by atoms with E-state index in [1.165, 1.54) is 0 Å². The molecule has 1 N–H and O–H groups in total. The first kappa shape index (κ1) is 15.4. The van der Waals surface area contributed by atoms with Crippen LogP contribution in [-0.2, 0) is 18.3 Å². The molecule has 1 fully saturated rings. The highest BCUT2D eigenvalue weighted by Crippen LogP contribution is 2.15. The van der Waals surface area contributed by atoms with E-state index in [-0.39, 0.29) is 11.9 Å². The van der Waals surface area contributed by atoms with Gasteiger partial charge in [-0.15, -0.1) is 10.2 Å². The molecule has 8 heteroatoms. The van der Waals surface area contributed by atoms with Gasteiger partial charge >= 0.3 is 0 Å². The van der Waals surface area contributed by atoms with Crippen molar-refractivity contribution in [2.75, 3.05) is 18.0 Å². The van der Waals surface area contributed by atoms with E-state index < -0.39 is 0 Å². The van der Waals surface area contributed by atoms with Crippen LogP contribution in [0.2, 0.25) is 0 Å². The number of rotatable bonds is 5. The first-order valence-corrected chi connectivity index (χ1v) is 7.86. The maximum atomic E-state index is 12.1. The summed E-state index contributed by atoms with van der Waals surface area (Å²) < 4.78 is 1.84. The summed E-state index contributed by atoms with van der Waals surface area (Å²) in [4.78, 5) is 22.8. The molecule has 1 atom stereocenters. The molecule has 0 aromatic carbocycles. The van der Waals surface area contributed by atoms with Crippen molar-refractivity contribution in [1.29, 1.82) is 0 Å². The van der Waals surface area contributed by atoms with E-state index in [0.717, 1.165) is 37.7 Å². The highest BCUT2D eigenvalue weighted by molar-refractivity contribution is 5.76. The van der Waals surface area contributed by atoms with Gasteiger partial charge in [0.2, 0.25) is 11.9 Å². The monoisotopic (exact) mass is 315 g/mol. The van der Waals surface area contributed by atoms with Crippen molar-refractivity contribution < 1.29 is 4.79 Å². The number of amides is 1.